The van der Waals surface area contributed by atoms with Gasteiger partial charge in [-0.1, -0.05) is 182 Å². The third kappa shape index (κ3) is 13.0. The average Bonchev–Trinajstić information content (AvgIpc) is 3.70. The van der Waals surface area contributed by atoms with E-state index in [9.17, 15) is 0 Å². The Balaban J connectivity index is 1.09. The maximum atomic E-state index is 6.98. The van der Waals surface area contributed by atoms with E-state index in [0.29, 0.717) is 33.0 Å². The summed E-state index contributed by atoms with van der Waals surface area (Å²) < 4.78 is 66.6. The molecule has 0 N–H and O–H groups in total. The van der Waals surface area contributed by atoms with Crippen molar-refractivity contribution in [1.29, 1.82) is 0 Å². The molecule has 9 atom stereocenters. The number of hydrogen-bond donors (Lipinski definition) is 0. The summed E-state index contributed by atoms with van der Waals surface area (Å²) in [5.41, 5.74) is 6.12. The monoisotopic (exact) mass is 866 g/mol. The van der Waals surface area contributed by atoms with Crippen molar-refractivity contribution < 1.29 is 47.4 Å². The maximum absolute atomic E-state index is 6.98. The second-order valence-corrected chi connectivity index (χ2v) is 16.0. The summed E-state index contributed by atoms with van der Waals surface area (Å²) in [4.78, 5) is 0. The fourth-order valence-corrected chi connectivity index (χ4v) is 8.00. The topological polar surface area (TPSA) is 92.3 Å². The van der Waals surface area contributed by atoms with E-state index >= 15 is 0 Å². The second-order valence-electron chi connectivity index (χ2n) is 16.0. The van der Waals surface area contributed by atoms with Crippen molar-refractivity contribution in [3.05, 3.63) is 215 Å². The molecule has 0 radical (unpaired) electrons. The van der Waals surface area contributed by atoms with Gasteiger partial charge in [0.1, 0.15) is 42.7 Å². The average molecular weight is 867 g/mol. The molecule has 8 rings (SSSR count). The minimum atomic E-state index is -0.935. The summed E-state index contributed by atoms with van der Waals surface area (Å²) >= 11 is 0. The van der Waals surface area contributed by atoms with Crippen LogP contribution in [0.1, 0.15) is 33.4 Å². The fourth-order valence-electron chi connectivity index (χ4n) is 8.00. The molecule has 0 amide bonds. The van der Waals surface area contributed by atoms with Crippen molar-refractivity contribution in [1.82, 2.24) is 0 Å². The van der Waals surface area contributed by atoms with E-state index in [1.165, 1.54) is 0 Å². The van der Waals surface area contributed by atoms with Crippen LogP contribution in [-0.2, 0) is 87.0 Å². The van der Waals surface area contributed by atoms with Crippen molar-refractivity contribution in [2.75, 3.05) is 20.3 Å². The molecule has 2 aliphatic rings. The van der Waals surface area contributed by atoms with Crippen LogP contribution in [0.5, 0.6) is 0 Å². The lowest BCUT2D eigenvalue weighted by Crippen LogP contribution is -2.62. The number of hydrogen-bond acceptors (Lipinski definition) is 10. The zero-order valence-electron chi connectivity index (χ0n) is 36.3. The van der Waals surface area contributed by atoms with Gasteiger partial charge in [-0.3, -0.25) is 0 Å². The van der Waals surface area contributed by atoms with Crippen molar-refractivity contribution in [3.8, 4) is 0 Å². The molecule has 6 aromatic rings. The van der Waals surface area contributed by atoms with Gasteiger partial charge in [0.25, 0.3) is 0 Å². The van der Waals surface area contributed by atoms with Crippen LogP contribution in [0.2, 0.25) is 0 Å². The van der Waals surface area contributed by atoms with Crippen LogP contribution >= 0.6 is 0 Å². The molecule has 2 aliphatic heterocycles. The zero-order valence-corrected chi connectivity index (χ0v) is 36.3. The molecule has 6 aromatic carbocycles. The summed E-state index contributed by atoms with van der Waals surface area (Å²) in [5.74, 6) is 0. The van der Waals surface area contributed by atoms with Crippen LogP contribution in [0, 0.1) is 0 Å². The smallest absolute Gasteiger partial charge is 0.187 e. The minimum absolute atomic E-state index is 0.0684. The summed E-state index contributed by atoms with van der Waals surface area (Å²) in [6.45, 7) is 2.27. The van der Waals surface area contributed by atoms with Gasteiger partial charge in [-0.2, -0.15) is 0 Å². The lowest BCUT2D eigenvalue weighted by Gasteiger charge is -2.46. The van der Waals surface area contributed by atoms with Gasteiger partial charge in [0.2, 0.25) is 0 Å². The van der Waals surface area contributed by atoms with Gasteiger partial charge >= 0.3 is 0 Å². The van der Waals surface area contributed by atoms with Crippen LogP contribution < -0.4 is 0 Å². The highest BCUT2D eigenvalue weighted by molar-refractivity contribution is 5.18. The Morgan fingerprint density at radius 2 is 0.609 bits per heavy atom. The van der Waals surface area contributed by atoms with Gasteiger partial charge < -0.3 is 47.4 Å². The number of benzene rings is 6. The first kappa shape index (κ1) is 45.5. The molecule has 0 aliphatic carbocycles. The van der Waals surface area contributed by atoms with Crippen LogP contribution in [0.25, 0.3) is 0 Å². The molecule has 0 aromatic heterocycles. The molecule has 0 saturated carbocycles. The van der Waals surface area contributed by atoms with E-state index in [1.54, 1.807) is 7.11 Å². The Morgan fingerprint density at radius 1 is 0.312 bits per heavy atom. The second kappa shape index (κ2) is 24.3. The van der Waals surface area contributed by atoms with Gasteiger partial charge in [-0.25, -0.2) is 0 Å². The lowest BCUT2D eigenvalue weighted by molar-refractivity contribution is -0.332. The van der Waals surface area contributed by atoms with E-state index < -0.39 is 55.3 Å². The third-order valence-electron chi connectivity index (χ3n) is 11.3. The van der Waals surface area contributed by atoms with Crippen LogP contribution in [0.3, 0.4) is 0 Å². The van der Waals surface area contributed by atoms with Crippen molar-refractivity contribution in [2.24, 2.45) is 0 Å². The molecule has 0 unspecified atom stereocenters. The van der Waals surface area contributed by atoms with Gasteiger partial charge in [-0.05, 0) is 33.4 Å². The van der Waals surface area contributed by atoms with E-state index in [-0.39, 0.29) is 19.8 Å². The van der Waals surface area contributed by atoms with Gasteiger partial charge in [0.05, 0.1) is 52.9 Å². The maximum Gasteiger partial charge on any atom is 0.187 e. The van der Waals surface area contributed by atoms with Gasteiger partial charge in [-0.15, -0.1) is 0 Å². The molecular formula is C54H58O10. The largest absolute Gasteiger partial charge is 0.374 e. The lowest BCUT2D eigenvalue weighted by atomic mass is 9.97. The first-order valence-electron chi connectivity index (χ1n) is 22.0. The molecular weight excluding hydrogens is 809 g/mol. The van der Waals surface area contributed by atoms with Gasteiger partial charge in [0, 0.05) is 7.11 Å². The molecule has 2 saturated heterocycles. The molecule has 10 heteroatoms. The normalized spacial score (nSPS) is 24.4. The molecule has 0 bridgehead atoms. The number of ether oxygens (including phenoxy) is 10. The Morgan fingerprint density at radius 3 is 1.00 bits per heavy atom. The molecule has 2 heterocycles. The first-order chi connectivity index (χ1) is 31.7. The summed E-state index contributed by atoms with van der Waals surface area (Å²) in [7, 11) is 1.61. The highest BCUT2D eigenvalue weighted by atomic mass is 16.8. The predicted octanol–water partition coefficient (Wildman–Crippen LogP) is 9.24. The molecule has 0 spiro atoms. The Labute approximate surface area is 376 Å². The predicted molar refractivity (Wildman–Crippen MR) is 241 cm³/mol. The third-order valence-corrected chi connectivity index (χ3v) is 11.3. The van der Waals surface area contributed by atoms with E-state index in [1.807, 2.05) is 182 Å². The first-order valence-corrected chi connectivity index (χ1v) is 22.0. The highest BCUT2D eigenvalue weighted by Crippen LogP contribution is 2.34. The molecule has 334 valence electrons. The van der Waals surface area contributed by atoms with Crippen LogP contribution in [-0.4, -0.2) is 75.6 Å². The zero-order chi connectivity index (χ0) is 43.6. The fraction of sp³-hybridized carbons (Fsp3) is 0.333. The van der Waals surface area contributed by atoms with Crippen LogP contribution in [0.4, 0.5) is 0 Å². The quantitative estimate of drug-likeness (QED) is 0.0621. The number of rotatable bonds is 23. The van der Waals surface area contributed by atoms with E-state index in [4.69, 9.17) is 47.4 Å². The molecule has 2 fully saturated rings. The van der Waals surface area contributed by atoms with Crippen LogP contribution in [0.15, 0.2) is 182 Å². The minimum Gasteiger partial charge on any atom is -0.374 e. The van der Waals surface area contributed by atoms with E-state index in [2.05, 4.69) is 0 Å². The highest BCUT2D eigenvalue weighted by Gasteiger charge is 2.51. The Kier molecular flexibility index (Phi) is 17.3. The summed E-state index contributed by atoms with van der Waals surface area (Å²) in [6.07, 6.45) is -5.99. The van der Waals surface area contributed by atoms with E-state index in [0.717, 1.165) is 33.4 Å². The Bertz CT molecular complexity index is 2170. The standard InChI is InChI=1S/C54H58O10/c1-55-53-51(60-36-44-28-16-6-17-29-44)49(58-34-42-24-12-4-13-25-42)47(63-53)39-62-54-52(61-37-45-30-18-7-19-31-45)50(59-35-43-26-14-5-15-27-43)48(57-33-41-22-10-3-11-23-41)46(64-54)38-56-32-40-20-8-2-9-21-40/h2-31,46-54H,32-39H2,1H3/t46-,47-,48-,49-,50+,51+,52-,53-,54+/m1/s1. The van der Waals surface area contributed by atoms with Gasteiger partial charge in [0.15, 0.2) is 12.6 Å². The molecule has 64 heavy (non-hydrogen) atoms. The SMILES string of the molecule is CO[C@@H]1O[C@H](CO[C@H]2O[C@H](COCc3ccccc3)[C@@H](OCc3ccccc3)[C@H](OCc3ccccc3)[C@H]2OCc2ccccc2)[C@@H](OCc2ccccc2)[C@@H]1OCc1ccccc1. The van der Waals surface area contributed by atoms with Crippen molar-refractivity contribution in [2.45, 2.75) is 94.9 Å². The molecule has 10 nitrogen and oxygen atoms in total. The summed E-state index contributed by atoms with van der Waals surface area (Å²) in [5, 5.41) is 0. The summed E-state index contributed by atoms with van der Waals surface area (Å²) in [6, 6.07) is 60.4. The Hall–Kier alpha value is -5.08. The van der Waals surface area contributed by atoms with Crippen molar-refractivity contribution in [3.63, 3.8) is 0 Å². The number of methoxy groups -OCH3 is 1. The van der Waals surface area contributed by atoms with Crippen molar-refractivity contribution >= 4 is 0 Å².